The highest BCUT2D eigenvalue weighted by Crippen LogP contribution is 2.29. The van der Waals surface area contributed by atoms with Gasteiger partial charge in [-0.2, -0.15) is 0 Å². The first-order valence-corrected chi connectivity index (χ1v) is 10.7. The highest BCUT2D eigenvalue weighted by Gasteiger charge is 2.36. The van der Waals surface area contributed by atoms with Gasteiger partial charge < -0.3 is 4.43 Å². The lowest BCUT2D eigenvalue weighted by Crippen LogP contribution is -2.42. The second-order valence-electron chi connectivity index (χ2n) is 5.60. The third-order valence-corrected chi connectivity index (χ3v) is 4.68. The van der Waals surface area contributed by atoms with E-state index in [1.165, 1.54) is 5.56 Å². The van der Waals surface area contributed by atoms with Crippen molar-refractivity contribution < 1.29 is 9.22 Å². The minimum atomic E-state index is -1.83. The Morgan fingerprint density at radius 2 is 1.83 bits per heavy atom. The lowest BCUT2D eigenvalue weighted by molar-refractivity contribution is -0.137. The van der Waals surface area contributed by atoms with Crippen LogP contribution in [0.15, 0.2) is 30.3 Å². The Morgan fingerprint density at radius 1 is 1.28 bits per heavy atom. The minimum Gasteiger partial charge on any atom is -0.519 e. The first-order valence-electron chi connectivity index (χ1n) is 6.09. The minimum absolute atomic E-state index is 0.0852. The van der Waals surface area contributed by atoms with Gasteiger partial charge in [0.1, 0.15) is 4.75 Å². The topological polar surface area (TPSA) is 26.3 Å². The monoisotopic (exact) mass is 282 g/mol. The van der Waals surface area contributed by atoms with Gasteiger partial charge in [0.2, 0.25) is 8.32 Å². The molecule has 1 atom stereocenters. The van der Waals surface area contributed by atoms with Crippen LogP contribution in [0.25, 0.3) is 0 Å². The molecule has 0 saturated heterocycles. The fraction of sp³-hybridized carbons (Fsp3) is 0.500. The van der Waals surface area contributed by atoms with E-state index in [1.807, 2.05) is 51.0 Å². The van der Waals surface area contributed by atoms with Gasteiger partial charge in [0.05, 0.1) is 0 Å². The van der Waals surface area contributed by atoms with Crippen LogP contribution in [0.5, 0.6) is 0 Å². The summed E-state index contributed by atoms with van der Waals surface area (Å²) in [5.74, 6) is -0.0852. The zero-order valence-corrected chi connectivity index (χ0v) is 13.6. The number of rotatable bonds is 5. The van der Waals surface area contributed by atoms with Crippen LogP contribution in [0.4, 0.5) is 0 Å². The molecule has 1 unspecified atom stereocenters. The maximum atomic E-state index is 12.3. The van der Waals surface area contributed by atoms with Crippen molar-refractivity contribution in [3.05, 3.63) is 35.9 Å². The molecule has 18 heavy (non-hydrogen) atoms. The third-order valence-electron chi connectivity index (χ3n) is 2.67. The molecule has 1 aromatic carbocycles. The van der Waals surface area contributed by atoms with E-state index in [0.717, 1.165) is 0 Å². The van der Waals surface area contributed by atoms with Crippen LogP contribution in [-0.2, 0) is 15.6 Å². The zero-order valence-electron chi connectivity index (χ0n) is 11.8. The molecule has 0 amide bonds. The zero-order chi connectivity index (χ0) is 13.8. The number of benzene rings is 1. The van der Waals surface area contributed by atoms with Crippen LogP contribution in [0, 0.1) is 0 Å². The normalized spacial score (nSPS) is 14.9. The summed E-state index contributed by atoms with van der Waals surface area (Å²) in [7, 11) is -1.83. The number of hydrogen-bond donors (Lipinski definition) is 0. The molecular weight excluding hydrogens is 260 g/mol. The summed E-state index contributed by atoms with van der Waals surface area (Å²) < 4.78 is 5.15. The number of thioether (sulfide) groups is 1. The SMILES string of the molecule is CSC(C)(Cc1ccccc1)C(=O)O[Si](C)(C)C. The molecule has 0 aliphatic rings. The van der Waals surface area contributed by atoms with Crippen LogP contribution in [-0.4, -0.2) is 25.3 Å². The van der Waals surface area contributed by atoms with E-state index in [0.29, 0.717) is 6.42 Å². The Bertz CT molecular complexity index is 400. The molecule has 0 radical (unpaired) electrons. The third kappa shape index (κ3) is 4.50. The van der Waals surface area contributed by atoms with Gasteiger partial charge in [-0.1, -0.05) is 30.3 Å². The first kappa shape index (κ1) is 15.3. The van der Waals surface area contributed by atoms with Gasteiger partial charge in [-0.3, -0.25) is 4.79 Å². The van der Waals surface area contributed by atoms with Crippen molar-refractivity contribution in [1.29, 1.82) is 0 Å². The molecule has 0 aliphatic heterocycles. The summed E-state index contributed by atoms with van der Waals surface area (Å²) in [6.45, 7) is 8.07. The molecule has 0 N–H and O–H groups in total. The highest BCUT2D eigenvalue weighted by molar-refractivity contribution is 8.00. The highest BCUT2D eigenvalue weighted by atomic mass is 32.2. The Balaban J connectivity index is 2.82. The molecule has 1 aromatic rings. The summed E-state index contributed by atoms with van der Waals surface area (Å²) in [5, 5.41) is 0. The van der Waals surface area contributed by atoms with E-state index >= 15 is 0 Å². The largest absolute Gasteiger partial charge is 0.519 e. The number of carbonyl (C=O) groups is 1. The van der Waals surface area contributed by atoms with Gasteiger partial charge in [-0.25, -0.2) is 0 Å². The fourth-order valence-corrected chi connectivity index (χ4v) is 2.97. The van der Waals surface area contributed by atoms with Gasteiger partial charge in [0, 0.05) is 0 Å². The van der Waals surface area contributed by atoms with E-state index < -0.39 is 13.1 Å². The van der Waals surface area contributed by atoms with Crippen LogP contribution in [0.3, 0.4) is 0 Å². The second kappa shape index (κ2) is 5.93. The van der Waals surface area contributed by atoms with E-state index in [2.05, 4.69) is 12.1 Å². The van der Waals surface area contributed by atoms with E-state index in [4.69, 9.17) is 4.43 Å². The van der Waals surface area contributed by atoms with E-state index in [-0.39, 0.29) is 5.97 Å². The molecule has 0 fully saturated rings. The van der Waals surface area contributed by atoms with E-state index in [1.54, 1.807) is 11.8 Å². The molecule has 2 nitrogen and oxygen atoms in total. The van der Waals surface area contributed by atoms with Crippen molar-refractivity contribution in [2.75, 3.05) is 6.26 Å². The predicted octanol–water partition coefficient (Wildman–Crippen LogP) is 3.73. The van der Waals surface area contributed by atoms with Crippen molar-refractivity contribution in [3.63, 3.8) is 0 Å². The molecule has 4 heteroatoms. The lowest BCUT2D eigenvalue weighted by Gasteiger charge is -2.29. The molecule has 0 bridgehead atoms. The van der Waals surface area contributed by atoms with Gasteiger partial charge >= 0.3 is 5.97 Å². The Hall–Kier alpha value is -0.743. The average molecular weight is 282 g/mol. The van der Waals surface area contributed by atoms with Crippen LogP contribution >= 0.6 is 11.8 Å². The fourth-order valence-electron chi connectivity index (χ4n) is 1.60. The molecule has 0 heterocycles. The Kier molecular flexibility index (Phi) is 5.05. The molecule has 0 spiro atoms. The van der Waals surface area contributed by atoms with Gasteiger partial charge in [0.15, 0.2) is 0 Å². The standard InChI is InChI=1S/C14H22O2SSi/c1-14(17-2,13(15)16-18(3,4)5)11-12-9-7-6-8-10-12/h6-10H,11H2,1-5H3. The average Bonchev–Trinajstić information content (AvgIpc) is 2.28. The van der Waals surface area contributed by atoms with Crippen molar-refractivity contribution in [1.82, 2.24) is 0 Å². The summed E-state index contributed by atoms with van der Waals surface area (Å²) >= 11 is 1.56. The molecule has 0 saturated carbocycles. The molecular formula is C14H22O2SSi. The van der Waals surface area contributed by atoms with Crippen molar-refractivity contribution >= 4 is 26.0 Å². The predicted molar refractivity (Wildman–Crippen MR) is 81.5 cm³/mol. The number of carbonyl (C=O) groups excluding carboxylic acids is 1. The molecule has 1 rings (SSSR count). The Labute approximate surface area is 115 Å². The van der Waals surface area contributed by atoms with E-state index in [9.17, 15) is 4.79 Å². The van der Waals surface area contributed by atoms with Gasteiger partial charge in [-0.05, 0) is 44.8 Å². The van der Waals surface area contributed by atoms with Crippen molar-refractivity contribution in [3.8, 4) is 0 Å². The maximum absolute atomic E-state index is 12.3. The molecule has 0 aromatic heterocycles. The molecule has 100 valence electrons. The van der Waals surface area contributed by atoms with Crippen LogP contribution in [0.1, 0.15) is 12.5 Å². The summed E-state index contributed by atoms with van der Waals surface area (Å²) in [6.07, 6.45) is 2.67. The van der Waals surface area contributed by atoms with Gasteiger partial charge in [0.25, 0.3) is 0 Å². The second-order valence-corrected chi connectivity index (χ2v) is 11.3. The number of hydrogen-bond acceptors (Lipinski definition) is 3. The van der Waals surface area contributed by atoms with Gasteiger partial charge in [-0.15, -0.1) is 11.8 Å². The summed E-state index contributed by atoms with van der Waals surface area (Å²) in [4.78, 5) is 12.3. The first-order chi connectivity index (χ1) is 8.27. The summed E-state index contributed by atoms with van der Waals surface area (Å²) in [6, 6.07) is 10.1. The molecule has 0 aliphatic carbocycles. The smallest absolute Gasteiger partial charge is 0.308 e. The van der Waals surface area contributed by atoms with Crippen molar-refractivity contribution in [2.24, 2.45) is 0 Å². The van der Waals surface area contributed by atoms with Crippen molar-refractivity contribution in [2.45, 2.75) is 37.7 Å². The quantitative estimate of drug-likeness (QED) is 0.770. The summed E-state index contributed by atoms with van der Waals surface area (Å²) in [5.41, 5.74) is 1.17. The van der Waals surface area contributed by atoms with Crippen LogP contribution < -0.4 is 0 Å². The maximum Gasteiger partial charge on any atom is 0.308 e. The van der Waals surface area contributed by atoms with Crippen LogP contribution in [0.2, 0.25) is 19.6 Å². The lowest BCUT2D eigenvalue weighted by atomic mass is 10.0. The Morgan fingerprint density at radius 3 is 2.28 bits per heavy atom.